The molecule has 0 bridgehead atoms. The number of aliphatic hydroxyl groups is 2. The predicted octanol–water partition coefficient (Wildman–Crippen LogP) is 0.143. The molecule has 96 valence electrons. The van der Waals surface area contributed by atoms with Crippen molar-refractivity contribution in [2.45, 2.75) is 18.4 Å². The van der Waals surface area contributed by atoms with Crippen molar-refractivity contribution in [3.05, 3.63) is 24.3 Å². The van der Waals surface area contributed by atoms with Crippen LogP contribution in [0, 0.1) is 0 Å². The minimum absolute atomic E-state index is 0.0270. The van der Waals surface area contributed by atoms with Crippen LogP contribution in [-0.4, -0.2) is 35.5 Å². The first-order chi connectivity index (χ1) is 8.15. The SMILES string of the molecule is NCC(CCO)(CCO)Nc1ccc(N)cc1. The van der Waals surface area contributed by atoms with Crippen LogP contribution >= 0.6 is 0 Å². The minimum Gasteiger partial charge on any atom is -0.399 e. The number of aliphatic hydroxyl groups excluding tert-OH is 2. The summed E-state index contributed by atoms with van der Waals surface area (Å²) in [5.74, 6) is 0. The number of nitrogens with two attached hydrogens (primary N) is 2. The summed E-state index contributed by atoms with van der Waals surface area (Å²) >= 11 is 0. The number of benzene rings is 1. The highest BCUT2D eigenvalue weighted by molar-refractivity contribution is 5.52. The van der Waals surface area contributed by atoms with Crippen LogP contribution in [0.3, 0.4) is 0 Å². The van der Waals surface area contributed by atoms with Gasteiger partial charge in [-0.05, 0) is 37.1 Å². The number of rotatable bonds is 7. The summed E-state index contributed by atoms with van der Waals surface area (Å²) in [4.78, 5) is 0. The first-order valence-corrected chi connectivity index (χ1v) is 5.71. The molecule has 5 heteroatoms. The van der Waals surface area contributed by atoms with E-state index in [1.807, 2.05) is 12.1 Å². The Balaban J connectivity index is 2.80. The Bertz CT molecular complexity index is 321. The van der Waals surface area contributed by atoms with E-state index in [0.29, 0.717) is 25.1 Å². The van der Waals surface area contributed by atoms with Crippen molar-refractivity contribution in [2.24, 2.45) is 5.73 Å². The van der Waals surface area contributed by atoms with Gasteiger partial charge in [0.15, 0.2) is 0 Å². The summed E-state index contributed by atoms with van der Waals surface area (Å²) in [6.45, 7) is 0.400. The lowest BCUT2D eigenvalue weighted by Crippen LogP contribution is -2.47. The molecule has 0 fully saturated rings. The third-order valence-corrected chi connectivity index (χ3v) is 2.89. The van der Waals surface area contributed by atoms with Gasteiger partial charge >= 0.3 is 0 Å². The topological polar surface area (TPSA) is 105 Å². The van der Waals surface area contributed by atoms with E-state index in [0.717, 1.165) is 5.69 Å². The van der Waals surface area contributed by atoms with Gasteiger partial charge in [-0.15, -0.1) is 0 Å². The molecule has 0 saturated heterocycles. The third kappa shape index (κ3) is 3.89. The lowest BCUT2D eigenvalue weighted by Gasteiger charge is -2.34. The van der Waals surface area contributed by atoms with Crippen LogP contribution in [0.15, 0.2) is 24.3 Å². The molecule has 0 heterocycles. The second kappa shape index (κ2) is 6.44. The van der Waals surface area contributed by atoms with Crippen molar-refractivity contribution in [2.75, 3.05) is 30.8 Å². The second-order valence-electron chi connectivity index (χ2n) is 4.18. The van der Waals surface area contributed by atoms with Gasteiger partial charge < -0.3 is 27.0 Å². The van der Waals surface area contributed by atoms with E-state index >= 15 is 0 Å². The molecule has 0 amide bonds. The Morgan fingerprint density at radius 1 is 1.06 bits per heavy atom. The molecular formula is C12H21N3O2. The normalized spacial score (nSPS) is 11.5. The van der Waals surface area contributed by atoms with Gasteiger partial charge in [-0.3, -0.25) is 0 Å². The van der Waals surface area contributed by atoms with E-state index in [9.17, 15) is 0 Å². The molecule has 7 N–H and O–H groups in total. The van der Waals surface area contributed by atoms with Crippen LogP contribution in [0.2, 0.25) is 0 Å². The molecular weight excluding hydrogens is 218 g/mol. The quantitative estimate of drug-likeness (QED) is 0.435. The van der Waals surface area contributed by atoms with Gasteiger partial charge in [0.2, 0.25) is 0 Å². The molecule has 1 aromatic rings. The fourth-order valence-electron chi connectivity index (χ4n) is 1.81. The van der Waals surface area contributed by atoms with E-state index in [1.165, 1.54) is 0 Å². The van der Waals surface area contributed by atoms with Gasteiger partial charge in [-0.2, -0.15) is 0 Å². The summed E-state index contributed by atoms with van der Waals surface area (Å²) in [6.07, 6.45) is 0.989. The zero-order valence-electron chi connectivity index (χ0n) is 9.89. The molecule has 0 spiro atoms. The average Bonchev–Trinajstić information content (AvgIpc) is 2.33. The van der Waals surface area contributed by atoms with Gasteiger partial charge in [0.1, 0.15) is 0 Å². The molecule has 0 aromatic heterocycles. The number of anilines is 2. The summed E-state index contributed by atoms with van der Waals surface area (Å²) in [5, 5.41) is 21.4. The lowest BCUT2D eigenvalue weighted by atomic mass is 9.91. The van der Waals surface area contributed by atoms with Crippen LogP contribution in [0.25, 0.3) is 0 Å². The Labute approximate surface area is 101 Å². The largest absolute Gasteiger partial charge is 0.399 e. The van der Waals surface area contributed by atoms with Crippen molar-refractivity contribution < 1.29 is 10.2 Å². The second-order valence-corrected chi connectivity index (χ2v) is 4.18. The molecule has 0 saturated carbocycles. The van der Waals surface area contributed by atoms with E-state index < -0.39 is 5.54 Å². The summed E-state index contributed by atoms with van der Waals surface area (Å²) in [7, 11) is 0. The van der Waals surface area contributed by atoms with Crippen molar-refractivity contribution >= 4 is 11.4 Å². The Kier molecular flexibility index (Phi) is 5.21. The van der Waals surface area contributed by atoms with Crippen LogP contribution < -0.4 is 16.8 Å². The van der Waals surface area contributed by atoms with Gasteiger partial charge in [0, 0.05) is 31.1 Å². The van der Waals surface area contributed by atoms with Crippen LogP contribution in [-0.2, 0) is 0 Å². The standard InChI is InChI=1S/C12H21N3O2/c13-9-12(5-7-16,6-8-17)15-11-3-1-10(14)2-4-11/h1-4,15-17H,5-9,13-14H2. The van der Waals surface area contributed by atoms with E-state index in [4.69, 9.17) is 21.7 Å². The number of nitrogen functional groups attached to an aromatic ring is 1. The van der Waals surface area contributed by atoms with E-state index in [1.54, 1.807) is 12.1 Å². The van der Waals surface area contributed by atoms with Crippen LogP contribution in [0.5, 0.6) is 0 Å². The van der Waals surface area contributed by atoms with E-state index in [2.05, 4.69) is 5.32 Å². The number of hydrogen-bond acceptors (Lipinski definition) is 5. The first-order valence-electron chi connectivity index (χ1n) is 5.71. The predicted molar refractivity (Wildman–Crippen MR) is 69.7 cm³/mol. The molecule has 1 aromatic carbocycles. The molecule has 17 heavy (non-hydrogen) atoms. The third-order valence-electron chi connectivity index (χ3n) is 2.89. The van der Waals surface area contributed by atoms with Gasteiger partial charge in [0.05, 0.1) is 5.54 Å². The highest BCUT2D eigenvalue weighted by Crippen LogP contribution is 2.22. The first kappa shape index (κ1) is 13.8. The molecule has 0 unspecified atom stereocenters. The lowest BCUT2D eigenvalue weighted by molar-refractivity contribution is 0.207. The molecule has 1 rings (SSSR count). The number of nitrogens with one attached hydrogen (secondary N) is 1. The Morgan fingerprint density at radius 2 is 1.59 bits per heavy atom. The van der Waals surface area contributed by atoms with Crippen molar-refractivity contribution in [3.63, 3.8) is 0 Å². The zero-order chi connectivity index (χ0) is 12.7. The summed E-state index contributed by atoms with van der Waals surface area (Å²) in [6, 6.07) is 7.30. The summed E-state index contributed by atoms with van der Waals surface area (Å²) < 4.78 is 0. The van der Waals surface area contributed by atoms with Gasteiger partial charge in [-0.25, -0.2) is 0 Å². The molecule has 0 atom stereocenters. The van der Waals surface area contributed by atoms with Crippen molar-refractivity contribution in [1.29, 1.82) is 0 Å². The Hall–Kier alpha value is -1.30. The minimum atomic E-state index is -0.473. The smallest absolute Gasteiger partial charge is 0.0539 e. The summed E-state index contributed by atoms with van der Waals surface area (Å²) in [5.41, 5.74) is 12.5. The van der Waals surface area contributed by atoms with Crippen LogP contribution in [0.4, 0.5) is 11.4 Å². The Morgan fingerprint density at radius 3 is 2.00 bits per heavy atom. The van der Waals surface area contributed by atoms with Crippen LogP contribution in [0.1, 0.15) is 12.8 Å². The molecule has 0 aliphatic carbocycles. The van der Waals surface area contributed by atoms with Crippen molar-refractivity contribution in [1.82, 2.24) is 0 Å². The van der Waals surface area contributed by atoms with Gasteiger partial charge in [0.25, 0.3) is 0 Å². The molecule has 5 nitrogen and oxygen atoms in total. The van der Waals surface area contributed by atoms with Gasteiger partial charge in [-0.1, -0.05) is 0 Å². The average molecular weight is 239 g/mol. The maximum atomic E-state index is 9.08. The molecule has 0 radical (unpaired) electrons. The monoisotopic (exact) mass is 239 g/mol. The fourth-order valence-corrected chi connectivity index (χ4v) is 1.81. The maximum absolute atomic E-state index is 9.08. The fraction of sp³-hybridized carbons (Fsp3) is 0.500. The highest BCUT2D eigenvalue weighted by atomic mass is 16.3. The molecule has 0 aliphatic heterocycles. The molecule has 0 aliphatic rings. The maximum Gasteiger partial charge on any atom is 0.0539 e. The highest BCUT2D eigenvalue weighted by Gasteiger charge is 2.27. The van der Waals surface area contributed by atoms with Crippen molar-refractivity contribution in [3.8, 4) is 0 Å². The zero-order valence-corrected chi connectivity index (χ0v) is 9.89. The number of hydrogen-bond donors (Lipinski definition) is 5. The van der Waals surface area contributed by atoms with E-state index in [-0.39, 0.29) is 13.2 Å².